The van der Waals surface area contributed by atoms with E-state index in [1.165, 1.54) is 0 Å². The molecule has 0 unspecified atom stereocenters. The Bertz CT molecular complexity index is 1290. The summed E-state index contributed by atoms with van der Waals surface area (Å²) in [6.45, 7) is 11.0. The van der Waals surface area contributed by atoms with Gasteiger partial charge in [0.1, 0.15) is 30.1 Å². The van der Waals surface area contributed by atoms with Crippen LogP contribution in [0.4, 0.5) is 0 Å². The monoisotopic (exact) mass is 427 g/mol. The molecule has 0 amide bonds. The third-order valence-corrected chi connectivity index (χ3v) is 5.41. The molecule has 0 spiro atoms. The summed E-state index contributed by atoms with van der Waals surface area (Å²) in [6.07, 6.45) is 1.84. The first-order chi connectivity index (χ1) is 15.5. The van der Waals surface area contributed by atoms with Crippen LogP contribution in [0.15, 0.2) is 61.4 Å². The minimum atomic E-state index is 0.0147. The summed E-state index contributed by atoms with van der Waals surface area (Å²) in [4.78, 5) is 4.65. The second-order valence-corrected chi connectivity index (χ2v) is 8.15. The molecule has 1 aliphatic heterocycles. The van der Waals surface area contributed by atoms with Gasteiger partial charge >= 0.3 is 0 Å². The van der Waals surface area contributed by atoms with Crippen LogP contribution in [0.2, 0.25) is 0 Å². The van der Waals surface area contributed by atoms with Gasteiger partial charge < -0.3 is 14.0 Å². The van der Waals surface area contributed by atoms with E-state index in [1.807, 2.05) is 50.5 Å². The first kappa shape index (κ1) is 20.1. The van der Waals surface area contributed by atoms with Crippen LogP contribution < -0.4 is 4.74 Å². The smallest absolute Gasteiger partial charge is 0.171 e. The maximum absolute atomic E-state index is 5.98. The molecule has 7 nitrogen and oxygen atoms in total. The average molecular weight is 428 g/mol. The van der Waals surface area contributed by atoms with E-state index in [-0.39, 0.29) is 6.10 Å². The van der Waals surface area contributed by atoms with Gasteiger partial charge in [0.05, 0.1) is 24.0 Å². The molecule has 3 heterocycles. The molecule has 162 valence electrons. The Kier molecular flexibility index (Phi) is 5.01. The van der Waals surface area contributed by atoms with E-state index in [9.17, 15) is 0 Å². The van der Waals surface area contributed by atoms with E-state index in [1.54, 1.807) is 0 Å². The van der Waals surface area contributed by atoms with Gasteiger partial charge in [-0.2, -0.15) is 0 Å². The molecule has 0 fully saturated rings. The maximum Gasteiger partial charge on any atom is 0.171 e. The molecular weight excluding hydrogens is 402 g/mol. The molecule has 0 N–H and O–H groups in total. The second-order valence-electron chi connectivity index (χ2n) is 8.15. The van der Waals surface area contributed by atoms with Crippen molar-refractivity contribution in [2.75, 3.05) is 0 Å². The topological polar surface area (TPSA) is 67.0 Å². The van der Waals surface area contributed by atoms with Crippen LogP contribution in [-0.4, -0.2) is 30.4 Å². The van der Waals surface area contributed by atoms with Crippen LogP contribution in [0.25, 0.3) is 22.8 Å². The predicted molar refractivity (Wildman–Crippen MR) is 122 cm³/mol. The predicted octanol–water partition coefficient (Wildman–Crippen LogP) is 4.78. The van der Waals surface area contributed by atoms with E-state index in [4.69, 9.17) is 9.47 Å². The van der Waals surface area contributed by atoms with Crippen molar-refractivity contribution in [2.45, 2.75) is 40.0 Å². The lowest BCUT2D eigenvalue weighted by molar-refractivity contribution is 0.204. The van der Waals surface area contributed by atoms with Crippen molar-refractivity contribution in [1.29, 1.82) is 0 Å². The minimum absolute atomic E-state index is 0.0147. The van der Waals surface area contributed by atoms with Crippen LogP contribution in [-0.2, 0) is 17.9 Å². The van der Waals surface area contributed by atoms with Gasteiger partial charge in [0.2, 0.25) is 0 Å². The third-order valence-electron chi connectivity index (χ3n) is 5.41. The van der Waals surface area contributed by atoms with Gasteiger partial charge in [-0.05, 0) is 45.0 Å². The molecule has 0 saturated carbocycles. The van der Waals surface area contributed by atoms with Gasteiger partial charge in [0, 0.05) is 5.56 Å². The Balaban J connectivity index is 1.60. The number of aromatic nitrogens is 5. The van der Waals surface area contributed by atoms with Crippen LogP contribution in [0.5, 0.6) is 5.75 Å². The Morgan fingerprint density at radius 3 is 2.72 bits per heavy atom. The van der Waals surface area contributed by atoms with Gasteiger partial charge in [0.15, 0.2) is 11.6 Å². The van der Waals surface area contributed by atoms with E-state index in [2.05, 4.69) is 56.0 Å². The molecule has 0 aliphatic carbocycles. The first-order valence-corrected chi connectivity index (χ1v) is 10.6. The normalized spacial score (nSPS) is 12.0. The Morgan fingerprint density at radius 2 is 1.94 bits per heavy atom. The number of nitrogens with zero attached hydrogens (tertiary/aromatic N) is 5. The molecule has 4 aromatic rings. The molecule has 0 radical (unpaired) electrons. The van der Waals surface area contributed by atoms with Crippen molar-refractivity contribution in [3.63, 3.8) is 0 Å². The average Bonchev–Trinajstić information content (AvgIpc) is 3.34. The number of hydrogen-bond donors (Lipinski definition) is 0. The molecule has 2 aromatic heterocycles. The third kappa shape index (κ3) is 3.56. The highest BCUT2D eigenvalue weighted by Gasteiger charge is 2.27. The Labute approximate surface area is 187 Å². The second kappa shape index (κ2) is 8.00. The lowest BCUT2D eigenvalue weighted by atomic mass is 10.1. The Morgan fingerprint density at radius 1 is 1.12 bits per heavy atom. The van der Waals surface area contributed by atoms with E-state index < -0.39 is 0 Å². The van der Waals surface area contributed by atoms with Gasteiger partial charge in [-0.1, -0.05) is 36.4 Å². The van der Waals surface area contributed by atoms with E-state index in [0.29, 0.717) is 18.9 Å². The fourth-order valence-corrected chi connectivity index (χ4v) is 3.97. The number of hydrogen-bond acceptors (Lipinski definition) is 5. The van der Waals surface area contributed by atoms with Crippen molar-refractivity contribution < 1.29 is 9.47 Å². The zero-order chi connectivity index (χ0) is 22.2. The number of rotatable bonds is 6. The highest BCUT2D eigenvalue weighted by Crippen LogP contribution is 2.34. The molecule has 7 heteroatoms. The zero-order valence-electron chi connectivity index (χ0n) is 18.4. The number of ether oxygens (including phenoxy) is 2. The highest BCUT2D eigenvalue weighted by atomic mass is 16.5. The van der Waals surface area contributed by atoms with Gasteiger partial charge in [0.25, 0.3) is 0 Å². The van der Waals surface area contributed by atoms with Crippen molar-refractivity contribution in [2.24, 2.45) is 0 Å². The van der Waals surface area contributed by atoms with E-state index >= 15 is 0 Å². The highest BCUT2D eigenvalue weighted by molar-refractivity contribution is 5.71. The number of fused-ring (bicyclic) bond motifs is 5. The molecule has 0 bridgehead atoms. The summed E-state index contributed by atoms with van der Waals surface area (Å²) < 4.78 is 16.0. The summed E-state index contributed by atoms with van der Waals surface area (Å²) in [7, 11) is 0. The zero-order valence-corrected chi connectivity index (χ0v) is 18.4. The number of para-hydroxylation sites is 1. The molecule has 0 saturated heterocycles. The molecule has 1 aliphatic rings. The number of imidazole rings is 1. The van der Waals surface area contributed by atoms with E-state index in [0.717, 1.165) is 45.6 Å². The van der Waals surface area contributed by atoms with Crippen molar-refractivity contribution in [3.8, 4) is 22.8 Å². The number of benzene rings is 2. The molecule has 5 rings (SSSR count). The van der Waals surface area contributed by atoms with Crippen molar-refractivity contribution >= 4 is 5.76 Å². The minimum Gasteiger partial charge on any atom is -0.489 e. The summed E-state index contributed by atoms with van der Waals surface area (Å²) in [5.74, 6) is 2.90. The first-order valence-electron chi connectivity index (χ1n) is 10.6. The van der Waals surface area contributed by atoms with Gasteiger partial charge in [-0.25, -0.2) is 4.98 Å². The van der Waals surface area contributed by atoms with Crippen molar-refractivity contribution in [1.82, 2.24) is 24.3 Å². The van der Waals surface area contributed by atoms with Gasteiger partial charge in [-0.3, -0.25) is 4.57 Å². The standard InChI is InChI=1S/C25H25N5O2/c1-16(2)32-18(4)24-22-13-29-23(14-31-19-8-6-5-7-9-19)27-28-25(29)20-12-17(3)10-11-21(20)30(22)15-26-24/h5-12,15-16H,4,13-14H2,1-3H3. The van der Waals surface area contributed by atoms with Crippen LogP contribution in [0.1, 0.15) is 36.6 Å². The molecular formula is C25H25N5O2. The van der Waals surface area contributed by atoms with Crippen LogP contribution in [0.3, 0.4) is 0 Å². The van der Waals surface area contributed by atoms with Gasteiger partial charge in [-0.15, -0.1) is 10.2 Å². The quantitative estimate of drug-likeness (QED) is 0.365. The summed E-state index contributed by atoms with van der Waals surface area (Å²) in [5, 5.41) is 9.01. The summed E-state index contributed by atoms with van der Waals surface area (Å²) >= 11 is 0. The molecule has 2 aromatic carbocycles. The molecule has 0 atom stereocenters. The van der Waals surface area contributed by atoms with Crippen LogP contribution >= 0.6 is 0 Å². The lowest BCUT2D eigenvalue weighted by Crippen LogP contribution is -2.12. The largest absolute Gasteiger partial charge is 0.489 e. The lowest BCUT2D eigenvalue weighted by Gasteiger charge is -2.14. The fourth-order valence-electron chi connectivity index (χ4n) is 3.97. The fraction of sp³-hybridized carbons (Fsp3) is 0.240. The van der Waals surface area contributed by atoms with Crippen molar-refractivity contribution in [3.05, 3.63) is 84.2 Å². The SMILES string of the molecule is C=C(OC(C)C)c1ncn2c1Cn1c(COc3ccccc3)nnc1-c1cc(C)ccc1-2. The number of aryl methyl sites for hydroxylation is 1. The Hall–Kier alpha value is -3.87. The van der Waals surface area contributed by atoms with Crippen LogP contribution in [0, 0.1) is 6.92 Å². The summed E-state index contributed by atoms with van der Waals surface area (Å²) in [6, 6.07) is 16.0. The molecule has 32 heavy (non-hydrogen) atoms. The maximum atomic E-state index is 5.98. The summed E-state index contributed by atoms with van der Waals surface area (Å²) in [5.41, 5.74) is 4.86.